The zero-order chi connectivity index (χ0) is 17.9. The minimum Gasteiger partial charge on any atom is -0.367 e. The first-order valence-corrected chi connectivity index (χ1v) is 9.28. The number of anilines is 1. The molecule has 26 heavy (non-hydrogen) atoms. The number of rotatable bonds is 4. The van der Waals surface area contributed by atoms with E-state index in [-0.39, 0.29) is 0 Å². The lowest BCUT2D eigenvalue weighted by atomic mass is 10.1. The first-order chi connectivity index (χ1) is 12.7. The molecule has 0 N–H and O–H groups in total. The van der Waals surface area contributed by atoms with E-state index in [1.807, 2.05) is 16.9 Å². The van der Waals surface area contributed by atoms with Gasteiger partial charge in [0.1, 0.15) is 6.33 Å². The maximum absolute atomic E-state index is 4.63. The highest BCUT2D eigenvalue weighted by atomic mass is 15.4. The van der Waals surface area contributed by atoms with E-state index < -0.39 is 0 Å². The van der Waals surface area contributed by atoms with Crippen molar-refractivity contribution in [2.24, 2.45) is 0 Å². The van der Waals surface area contributed by atoms with Crippen molar-refractivity contribution in [1.29, 1.82) is 0 Å². The maximum atomic E-state index is 4.63. The molecule has 0 saturated carbocycles. The van der Waals surface area contributed by atoms with Crippen LogP contribution in [-0.2, 0) is 6.54 Å². The Morgan fingerprint density at radius 2 is 1.92 bits per heavy atom. The van der Waals surface area contributed by atoms with Gasteiger partial charge < -0.3 is 4.90 Å². The average molecular weight is 351 g/mol. The molecule has 0 unspecified atom stereocenters. The fraction of sp³-hybridized carbons (Fsp3) is 0.474. The summed E-state index contributed by atoms with van der Waals surface area (Å²) >= 11 is 0. The maximum Gasteiger partial charge on any atom is 0.200 e. The number of aromatic nitrogens is 5. The molecule has 136 valence electrons. The Bertz CT molecular complexity index is 859. The van der Waals surface area contributed by atoms with Crippen LogP contribution in [0.3, 0.4) is 0 Å². The van der Waals surface area contributed by atoms with Crippen LogP contribution in [0.4, 0.5) is 5.69 Å². The Morgan fingerprint density at radius 3 is 2.73 bits per heavy atom. The van der Waals surface area contributed by atoms with Gasteiger partial charge in [-0.25, -0.2) is 0 Å². The molecular weight excluding hydrogens is 326 g/mol. The first-order valence-electron chi connectivity index (χ1n) is 9.28. The van der Waals surface area contributed by atoms with E-state index in [1.54, 1.807) is 6.33 Å². The highest BCUT2D eigenvalue weighted by Gasteiger charge is 2.20. The highest BCUT2D eigenvalue weighted by Crippen LogP contribution is 2.25. The summed E-state index contributed by atoms with van der Waals surface area (Å²) in [4.78, 5) is 9.06. The summed E-state index contributed by atoms with van der Waals surface area (Å²) in [6.45, 7) is 9.45. The second kappa shape index (κ2) is 7.37. The van der Waals surface area contributed by atoms with Crippen LogP contribution in [0, 0.1) is 0 Å². The van der Waals surface area contributed by atoms with Crippen molar-refractivity contribution >= 4 is 11.3 Å². The monoisotopic (exact) mass is 351 g/mol. The molecule has 3 aromatic heterocycles. The van der Waals surface area contributed by atoms with Gasteiger partial charge in [0, 0.05) is 45.1 Å². The van der Waals surface area contributed by atoms with Crippen molar-refractivity contribution in [3.8, 4) is 0 Å². The van der Waals surface area contributed by atoms with Crippen molar-refractivity contribution in [2.45, 2.75) is 32.7 Å². The van der Waals surface area contributed by atoms with Crippen LogP contribution >= 0.6 is 0 Å². The normalized spacial score (nSPS) is 16.3. The van der Waals surface area contributed by atoms with E-state index in [9.17, 15) is 0 Å². The van der Waals surface area contributed by atoms with Gasteiger partial charge in [-0.1, -0.05) is 13.8 Å². The lowest BCUT2D eigenvalue weighted by Gasteiger charge is -2.24. The molecule has 0 atom stereocenters. The molecule has 0 radical (unpaired) electrons. The third kappa shape index (κ3) is 3.53. The summed E-state index contributed by atoms with van der Waals surface area (Å²) < 4.78 is 1.81. The van der Waals surface area contributed by atoms with Crippen LogP contribution in [0.25, 0.3) is 5.65 Å². The van der Waals surface area contributed by atoms with Crippen LogP contribution in [0.5, 0.6) is 0 Å². The summed E-state index contributed by atoms with van der Waals surface area (Å²) in [6.07, 6.45) is 6.56. The zero-order valence-corrected chi connectivity index (χ0v) is 15.4. The van der Waals surface area contributed by atoms with E-state index in [4.69, 9.17) is 0 Å². The topological polar surface area (TPSA) is 62.5 Å². The molecule has 0 bridgehead atoms. The van der Waals surface area contributed by atoms with Gasteiger partial charge >= 0.3 is 0 Å². The molecule has 0 spiro atoms. The van der Waals surface area contributed by atoms with Crippen molar-refractivity contribution in [1.82, 2.24) is 29.7 Å². The lowest BCUT2D eigenvalue weighted by Crippen LogP contribution is -2.31. The SMILES string of the molecule is CC(C)c1cc(N2CCCN(Cc3ccncc3)CC2)c2nncn2n1. The number of hydrogen-bond acceptors (Lipinski definition) is 6. The molecule has 1 saturated heterocycles. The molecule has 4 rings (SSSR count). The average Bonchev–Trinajstić information content (AvgIpc) is 3.01. The Balaban J connectivity index is 1.54. The van der Waals surface area contributed by atoms with E-state index in [0.29, 0.717) is 5.92 Å². The van der Waals surface area contributed by atoms with Crippen molar-refractivity contribution in [3.63, 3.8) is 0 Å². The summed E-state index contributed by atoms with van der Waals surface area (Å²) in [7, 11) is 0. The van der Waals surface area contributed by atoms with E-state index in [1.165, 1.54) is 5.56 Å². The molecule has 7 heteroatoms. The van der Waals surface area contributed by atoms with Crippen LogP contribution in [0.2, 0.25) is 0 Å². The fourth-order valence-electron chi connectivity index (χ4n) is 3.46. The third-order valence-corrected chi connectivity index (χ3v) is 4.94. The molecule has 3 aromatic rings. The minimum atomic E-state index is 0.371. The van der Waals surface area contributed by atoms with Gasteiger partial charge in [0.15, 0.2) is 0 Å². The van der Waals surface area contributed by atoms with Gasteiger partial charge in [-0.05, 0) is 36.1 Å². The van der Waals surface area contributed by atoms with Gasteiger partial charge in [-0.3, -0.25) is 9.88 Å². The predicted octanol–water partition coefficient (Wildman–Crippen LogP) is 2.36. The number of nitrogens with zero attached hydrogens (tertiary/aromatic N) is 7. The Hall–Kier alpha value is -2.54. The fourth-order valence-corrected chi connectivity index (χ4v) is 3.46. The predicted molar refractivity (Wildman–Crippen MR) is 101 cm³/mol. The minimum absolute atomic E-state index is 0.371. The van der Waals surface area contributed by atoms with E-state index >= 15 is 0 Å². The first kappa shape index (κ1) is 16.9. The van der Waals surface area contributed by atoms with Crippen LogP contribution in [0.15, 0.2) is 36.9 Å². The summed E-state index contributed by atoms with van der Waals surface area (Å²) in [6, 6.07) is 6.38. The summed E-state index contributed by atoms with van der Waals surface area (Å²) in [5, 5.41) is 13.0. The zero-order valence-electron chi connectivity index (χ0n) is 15.4. The second-order valence-corrected chi connectivity index (χ2v) is 7.18. The van der Waals surface area contributed by atoms with Gasteiger partial charge in [-0.2, -0.15) is 9.61 Å². The molecule has 4 heterocycles. The van der Waals surface area contributed by atoms with Gasteiger partial charge in [0.2, 0.25) is 5.65 Å². The van der Waals surface area contributed by atoms with Gasteiger partial charge in [0.05, 0.1) is 11.4 Å². The Labute approximate surface area is 153 Å². The molecule has 1 fully saturated rings. The van der Waals surface area contributed by atoms with Crippen molar-refractivity contribution in [3.05, 3.63) is 48.2 Å². The Kier molecular flexibility index (Phi) is 4.79. The molecule has 0 aromatic carbocycles. The van der Waals surface area contributed by atoms with Crippen LogP contribution in [-0.4, -0.2) is 55.9 Å². The number of hydrogen-bond donors (Lipinski definition) is 0. The molecule has 1 aliphatic rings. The number of fused-ring (bicyclic) bond motifs is 1. The highest BCUT2D eigenvalue weighted by molar-refractivity contribution is 5.68. The molecular formula is C19H25N7. The van der Waals surface area contributed by atoms with E-state index in [0.717, 1.165) is 56.2 Å². The molecule has 0 amide bonds. The summed E-state index contributed by atoms with van der Waals surface area (Å²) in [5.41, 5.74) is 4.38. The van der Waals surface area contributed by atoms with Gasteiger partial charge in [0.25, 0.3) is 0 Å². The molecule has 1 aliphatic heterocycles. The quantitative estimate of drug-likeness (QED) is 0.719. The lowest BCUT2D eigenvalue weighted by molar-refractivity contribution is 0.285. The van der Waals surface area contributed by atoms with Crippen molar-refractivity contribution in [2.75, 3.05) is 31.1 Å². The largest absolute Gasteiger partial charge is 0.367 e. The molecule has 7 nitrogen and oxygen atoms in total. The number of pyridine rings is 1. The van der Waals surface area contributed by atoms with Crippen LogP contribution in [0.1, 0.15) is 37.4 Å². The molecule has 0 aliphatic carbocycles. The smallest absolute Gasteiger partial charge is 0.200 e. The third-order valence-electron chi connectivity index (χ3n) is 4.94. The Morgan fingerprint density at radius 1 is 1.08 bits per heavy atom. The standard InChI is InChI=1S/C19H25N7/c1-15(2)17-12-18(19-22-21-14-26(19)23-17)25-9-3-8-24(10-11-25)13-16-4-6-20-7-5-16/h4-7,12,14-15H,3,8-11,13H2,1-2H3. The van der Waals surface area contributed by atoms with E-state index in [2.05, 4.69) is 62.1 Å². The van der Waals surface area contributed by atoms with Crippen LogP contribution < -0.4 is 4.90 Å². The van der Waals surface area contributed by atoms with Gasteiger partial charge in [-0.15, -0.1) is 10.2 Å². The second-order valence-electron chi connectivity index (χ2n) is 7.18. The van der Waals surface area contributed by atoms with Crippen molar-refractivity contribution < 1.29 is 0 Å². The summed E-state index contributed by atoms with van der Waals surface area (Å²) in [5.74, 6) is 0.371.